The van der Waals surface area contributed by atoms with E-state index in [2.05, 4.69) is 16.3 Å². The van der Waals surface area contributed by atoms with Crippen molar-refractivity contribution in [2.45, 2.75) is 12.6 Å². The van der Waals surface area contributed by atoms with Gasteiger partial charge in [-0.05, 0) is 17.5 Å². The Kier molecular flexibility index (Phi) is 6.92. The monoisotopic (exact) mass is 445 g/mol. The topological polar surface area (TPSA) is 103 Å². The van der Waals surface area contributed by atoms with Crippen LogP contribution in [0.15, 0.2) is 35.7 Å². The minimum absolute atomic E-state index is 0.0693. The van der Waals surface area contributed by atoms with E-state index in [1.807, 2.05) is 11.4 Å². The van der Waals surface area contributed by atoms with Gasteiger partial charge in [0.2, 0.25) is 5.91 Å². The van der Waals surface area contributed by atoms with Gasteiger partial charge in [0.15, 0.2) is 6.79 Å². The van der Waals surface area contributed by atoms with Crippen LogP contribution in [0.1, 0.15) is 22.0 Å². The van der Waals surface area contributed by atoms with Crippen LogP contribution < -0.4 is 10.1 Å². The van der Waals surface area contributed by atoms with Crippen LogP contribution in [0.25, 0.3) is 6.08 Å². The minimum atomic E-state index is -0.472. The molecule has 0 radical (unpaired) electrons. The number of nitro groups is 1. The van der Waals surface area contributed by atoms with Crippen LogP contribution in [-0.2, 0) is 20.9 Å². The van der Waals surface area contributed by atoms with Crippen molar-refractivity contribution in [1.29, 1.82) is 0 Å². The number of nitrogens with zero attached hydrogens (tertiary/aromatic N) is 2. The highest BCUT2D eigenvalue weighted by molar-refractivity contribution is 7.10. The highest BCUT2D eigenvalue weighted by Crippen LogP contribution is 2.33. The second kappa shape index (κ2) is 10.0. The van der Waals surface area contributed by atoms with Crippen molar-refractivity contribution in [2.75, 3.05) is 39.6 Å². The summed E-state index contributed by atoms with van der Waals surface area (Å²) in [5.41, 5.74) is 0.995. The molecule has 3 heterocycles. The largest absolute Gasteiger partial charge is 0.467 e. The molecule has 2 aromatic rings. The van der Waals surface area contributed by atoms with E-state index in [1.165, 1.54) is 23.1 Å². The Labute approximate surface area is 183 Å². The Morgan fingerprint density at radius 3 is 2.90 bits per heavy atom. The van der Waals surface area contributed by atoms with Crippen molar-refractivity contribution in [3.63, 3.8) is 0 Å². The van der Waals surface area contributed by atoms with Crippen molar-refractivity contribution in [3.05, 3.63) is 61.8 Å². The molecule has 4 rings (SSSR count). The molecule has 0 bridgehead atoms. The van der Waals surface area contributed by atoms with Gasteiger partial charge in [-0.1, -0.05) is 6.07 Å². The minimum Gasteiger partial charge on any atom is -0.467 e. The maximum absolute atomic E-state index is 12.5. The molecule has 1 amide bonds. The summed E-state index contributed by atoms with van der Waals surface area (Å²) in [4.78, 5) is 26.8. The smallest absolute Gasteiger partial charge is 0.270 e. The van der Waals surface area contributed by atoms with Crippen LogP contribution in [-0.4, -0.2) is 55.4 Å². The van der Waals surface area contributed by atoms with Gasteiger partial charge in [-0.25, -0.2) is 0 Å². The molecule has 1 aromatic heterocycles. The Balaban J connectivity index is 1.45. The fraction of sp³-hybridized carbons (Fsp3) is 0.381. The lowest BCUT2D eigenvalue weighted by Crippen LogP contribution is -2.43. The fourth-order valence-electron chi connectivity index (χ4n) is 3.66. The van der Waals surface area contributed by atoms with E-state index in [0.717, 1.165) is 13.1 Å². The number of carbonyl (C=O) groups is 1. The number of nitrogens with one attached hydrogen (secondary N) is 1. The number of hydrogen-bond donors (Lipinski definition) is 1. The number of ether oxygens (including phenoxy) is 3. The number of rotatable bonds is 7. The average molecular weight is 445 g/mol. The number of carbonyl (C=O) groups excluding carboxylic acids is 1. The Morgan fingerprint density at radius 1 is 1.32 bits per heavy atom. The van der Waals surface area contributed by atoms with Gasteiger partial charge in [0.1, 0.15) is 5.75 Å². The molecule has 2 aliphatic rings. The number of non-ortho nitro benzene ring substituents is 1. The molecule has 0 spiro atoms. The standard InChI is InChI=1S/C21H23N3O6S/c25-20(22-12-18(19-2-1-9-31-19)23-5-7-28-8-6-23)4-3-15-10-17(24(26)27)11-16-13-29-14-30-21(15)16/h1-4,9-11,18H,5-8,12-14H2,(H,22,25)/b4-3+. The predicted octanol–water partition coefficient (Wildman–Crippen LogP) is 2.73. The number of hydrogen-bond acceptors (Lipinski definition) is 8. The van der Waals surface area contributed by atoms with E-state index in [4.69, 9.17) is 14.2 Å². The third-order valence-corrected chi connectivity index (χ3v) is 6.15. The maximum Gasteiger partial charge on any atom is 0.270 e. The lowest BCUT2D eigenvalue weighted by Gasteiger charge is -2.34. The lowest BCUT2D eigenvalue weighted by atomic mass is 10.1. The maximum atomic E-state index is 12.5. The van der Waals surface area contributed by atoms with Gasteiger partial charge in [-0.15, -0.1) is 11.3 Å². The van der Waals surface area contributed by atoms with Gasteiger partial charge in [0.25, 0.3) is 5.69 Å². The first-order valence-corrected chi connectivity index (χ1v) is 10.8. The van der Waals surface area contributed by atoms with Gasteiger partial charge < -0.3 is 19.5 Å². The average Bonchev–Trinajstić information content (AvgIpc) is 3.32. The molecule has 9 nitrogen and oxygen atoms in total. The Hall–Kier alpha value is -2.79. The molecular formula is C21H23N3O6S. The number of nitro benzene ring substituents is 1. The van der Waals surface area contributed by atoms with Crippen molar-refractivity contribution >= 4 is 29.0 Å². The van der Waals surface area contributed by atoms with Crippen LogP contribution >= 0.6 is 11.3 Å². The first kappa shape index (κ1) is 21.4. The highest BCUT2D eigenvalue weighted by Gasteiger charge is 2.24. The Morgan fingerprint density at radius 2 is 2.16 bits per heavy atom. The number of fused-ring (bicyclic) bond motifs is 1. The van der Waals surface area contributed by atoms with E-state index in [0.29, 0.717) is 36.6 Å². The van der Waals surface area contributed by atoms with Crippen LogP contribution in [0.3, 0.4) is 0 Å². The summed E-state index contributed by atoms with van der Waals surface area (Å²) in [7, 11) is 0. The van der Waals surface area contributed by atoms with Gasteiger partial charge in [0, 0.05) is 53.8 Å². The van der Waals surface area contributed by atoms with Gasteiger partial charge in [-0.3, -0.25) is 19.8 Å². The van der Waals surface area contributed by atoms with Crippen LogP contribution in [0, 0.1) is 10.1 Å². The molecule has 1 fully saturated rings. The predicted molar refractivity (Wildman–Crippen MR) is 115 cm³/mol. The van der Waals surface area contributed by atoms with Gasteiger partial charge in [-0.2, -0.15) is 0 Å². The van der Waals surface area contributed by atoms with E-state index < -0.39 is 4.92 Å². The van der Waals surface area contributed by atoms with E-state index in [-0.39, 0.29) is 31.0 Å². The molecule has 164 valence electrons. The number of morpholine rings is 1. The van der Waals surface area contributed by atoms with E-state index in [1.54, 1.807) is 17.4 Å². The second-order valence-electron chi connectivity index (χ2n) is 7.15. The molecule has 1 aromatic carbocycles. The molecule has 0 aliphatic carbocycles. The summed E-state index contributed by atoms with van der Waals surface area (Å²) in [6.45, 7) is 3.74. The zero-order chi connectivity index (χ0) is 21.6. The molecule has 1 saturated heterocycles. The third-order valence-electron chi connectivity index (χ3n) is 5.18. The fourth-order valence-corrected chi connectivity index (χ4v) is 4.52. The van der Waals surface area contributed by atoms with Crippen LogP contribution in [0.5, 0.6) is 5.75 Å². The summed E-state index contributed by atoms with van der Waals surface area (Å²) in [6.07, 6.45) is 2.92. The molecule has 10 heteroatoms. The quantitative estimate of drug-likeness (QED) is 0.397. The SMILES string of the molecule is O=C(/C=C/c1cc([N+](=O)[O-])cc2c1OCOC2)NCC(c1cccs1)N1CCOCC1. The number of thiophene rings is 1. The van der Waals surface area contributed by atoms with Crippen molar-refractivity contribution in [1.82, 2.24) is 10.2 Å². The van der Waals surface area contributed by atoms with Gasteiger partial charge >= 0.3 is 0 Å². The van der Waals surface area contributed by atoms with Gasteiger partial charge in [0.05, 0.1) is 30.8 Å². The van der Waals surface area contributed by atoms with Crippen molar-refractivity contribution < 1.29 is 23.9 Å². The third kappa shape index (κ3) is 5.28. The summed E-state index contributed by atoms with van der Waals surface area (Å²) in [6, 6.07) is 6.98. The Bertz CT molecular complexity index is 956. The first-order valence-electron chi connectivity index (χ1n) is 9.95. The molecule has 1 N–H and O–H groups in total. The number of benzene rings is 1. The summed E-state index contributed by atoms with van der Waals surface area (Å²) >= 11 is 1.66. The van der Waals surface area contributed by atoms with Crippen molar-refractivity contribution in [2.24, 2.45) is 0 Å². The van der Waals surface area contributed by atoms with Crippen LogP contribution in [0.2, 0.25) is 0 Å². The molecule has 0 saturated carbocycles. The lowest BCUT2D eigenvalue weighted by molar-refractivity contribution is -0.385. The molecular weight excluding hydrogens is 422 g/mol. The van der Waals surface area contributed by atoms with Crippen LogP contribution in [0.4, 0.5) is 5.69 Å². The van der Waals surface area contributed by atoms with E-state index in [9.17, 15) is 14.9 Å². The molecule has 31 heavy (non-hydrogen) atoms. The zero-order valence-electron chi connectivity index (χ0n) is 16.8. The van der Waals surface area contributed by atoms with Crippen molar-refractivity contribution in [3.8, 4) is 5.75 Å². The number of amides is 1. The summed E-state index contributed by atoms with van der Waals surface area (Å²) < 4.78 is 16.2. The zero-order valence-corrected chi connectivity index (χ0v) is 17.6. The molecule has 1 unspecified atom stereocenters. The molecule has 1 atom stereocenters. The first-order chi connectivity index (χ1) is 15.1. The second-order valence-corrected chi connectivity index (χ2v) is 8.13. The molecule has 2 aliphatic heterocycles. The summed E-state index contributed by atoms with van der Waals surface area (Å²) in [5, 5.41) is 16.2. The summed E-state index contributed by atoms with van der Waals surface area (Å²) in [5.74, 6) is 0.229. The highest BCUT2D eigenvalue weighted by atomic mass is 32.1. The normalized spacial score (nSPS) is 17.7. The van der Waals surface area contributed by atoms with E-state index >= 15 is 0 Å².